The molecule has 1 fully saturated rings. The van der Waals surface area contributed by atoms with Gasteiger partial charge in [0.05, 0.1) is 6.61 Å². The van der Waals surface area contributed by atoms with Gasteiger partial charge in [0.1, 0.15) is 5.75 Å². The molecule has 0 amide bonds. The highest BCUT2D eigenvalue weighted by atomic mass is 16.5. The normalized spacial score (nSPS) is 19.3. The number of ether oxygens (including phenoxy) is 1. The zero-order valence-corrected chi connectivity index (χ0v) is 10.1. The Morgan fingerprint density at radius 1 is 1.39 bits per heavy atom. The van der Waals surface area contributed by atoms with Crippen LogP contribution < -0.4 is 0 Å². The van der Waals surface area contributed by atoms with E-state index in [1.54, 1.807) is 12.1 Å². The van der Waals surface area contributed by atoms with E-state index in [0.717, 1.165) is 24.2 Å². The van der Waals surface area contributed by atoms with Crippen LogP contribution in [0.2, 0.25) is 0 Å². The van der Waals surface area contributed by atoms with Gasteiger partial charge >= 0.3 is 0 Å². The second-order valence-corrected chi connectivity index (χ2v) is 4.52. The van der Waals surface area contributed by atoms with Gasteiger partial charge in [0, 0.05) is 18.1 Å². The smallest absolute Gasteiger partial charge is 0.257 e. The molecule has 1 aliphatic rings. The van der Waals surface area contributed by atoms with Crippen molar-refractivity contribution in [3.63, 3.8) is 0 Å². The van der Waals surface area contributed by atoms with E-state index in [9.17, 15) is 5.11 Å². The number of phenolic OH excluding ortho intramolecular Hbond substituents is 1. The first-order chi connectivity index (χ1) is 8.74. The van der Waals surface area contributed by atoms with E-state index in [2.05, 4.69) is 10.1 Å². The van der Waals surface area contributed by atoms with Crippen LogP contribution in [0.5, 0.6) is 5.75 Å². The molecule has 94 valence electrons. The average Bonchev–Trinajstić information content (AvgIpc) is 3.01. The van der Waals surface area contributed by atoms with Crippen molar-refractivity contribution in [1.82, 2.24) is 10.1 Å². The Kier molecular flexibility index (Phi) is 2.76. The summed E-state index contributed by atoms with van der Waals surface area (Å²) in [4.78, 5) is 4.39. The summed E-state index contributed by atoms with van der Waals surface area (Å²) in [5, 5.41) is 13.5. The second kappa shape index (κ2) is 4.42. The van der Waals surface area contributed by atoms with E-state index < -0.39 is 0 Å². The Morgan fingerprint density at radius 2 is 2.28 bits per heavy atom. The van der Waals surface area contributed by atoms with Crippen LogP contribution in [0.3, 0.4) is 0 Å². The van der Waals surface area contributed by atoms with E-state index in [1.165, 1.54) is 0 Å². The number of benzene rings is 1. The van der Waals surface area contributed by atoms with Crippen LogP contribution in [-0.2, 0) is 4.74 Å². The van der Waals surface area contributed by atoms with Crippen molar-refractivity contribution in [1.29, 1.82) is 0 Å². The molecule has 1 atom stereocenters. The molecule has 2 heterocycles. The molecule has 1 aromatic heterocycles. The lowest BCUT2D eigenvalue weighted by atomic mass is 10.1. The van der Waals surface area contributed by atoms with E-state index in [0.29, 0.717) is 18.3 Å². The van der Waals surface area contributed by atoms with E-state index in [-0.39, 0.29) is 11.7 Å². The summed E-state index contributed by atoms with van der Waals surface area (Å²) >= 11 is 0. The molecule has 5 nitrogen and oxygen atoms in total. The van der Waals surface area contributed by atoms with Gasteiger partial charge in [0.15, 0.2) is 5.82 Å². The van der Waals surface area contributed by atoms with Crippen LogP contribution in [0.4, 0.5) is 0 Å². The van der Waals surface area contributed by atoms with Crippen molar-refractivity contribution in [2.75, 3.05) is 13.2 Å². The fourth-order valence-electron chi connectivity index (χ4n) is 2.04. The molecule has 0 saturated carbocycles. The highest BCUT2D eigenvalue weighted by Crippen LogP contribution is 2.27. The quantitative estimate of drug-likeness (QED) is 0.880. The summed E-state index contributed by atoms with van der Waals surface area (Å²) in [6.07, 6.45) is 0.938. The van der Waals surface area contributed by atoms with Gasteiger partial charge in [-0.1, -0.05) is 5.16 Å². The lowest BCUT2D eigenvalue weighted by Crippen LogP contribution is -1.99. The van der Waals surface area contributed by atoms with Crippen LogP contribution in [0, 0.1) is 6.92 Å². The van der Waals surface area contributed by atoms with Gasteiger partial charge in [-0.2, -0.15) is 4.98 Å². The minimum Gasteiger partial charge on any atom is -0.508 e. The first-order valence-electron chi connectivity index (χ1n) is 5.95. The zero-order valence-electron chi connectivity index (χ0n) is 10.1. The molecule has 0 bridgehead atoms. The summed E-state index contributed by atoms with van der Waals surface area (Å²) in [7, 11) is 0. The fourth-order valence-corrected chi connectivity index (χ4v) is 2.04. The minimum atomic E-state index is 0.237. The number of phenols is 1. The number of rotatable bonds is 2. The third-order valence-corrected chi connectivity index (χ3v) is 3.18. The van der Waals surface area contributed by atoms with Crippen molar-refractivity contribution >= 4 is 0 Å². The van der Waals surface area contributed by atoms with Gasteiger partial charge < -0.3 is 14.4 Å². The highest BCUT2D eigenvalue weighted by molar-refractivity contribution is 5.56. The van der Waals surface area contributed by atoms with Crippen molar-refractivity contribution in [2.45, 2.75) is 19.3 Å². The highest BCUT2D eigenvalue weighted by Gasteiger charge is 2.23. The van der Waals surface area contributed by atoms with Crippen molar-refractivity contribution in [2.24, 2.45) is 0 Å². The first-order valence-corrected chi connectivity index (χ1v) is 5.95. The molecule has 0 radical (unpaired) electrons. The number of hydrogen-bond donors (Lipinski definition) is 1. The van der Waals surface area contributed by atoms with Gasteiger partial charge in [0.25, 0.3) is 5.89 Å². The van der Waals surface area contributed by atoms with E-state index in [1.807, 2.05) is 13.0 Å². The molecular formula is C13H14N2O3. The third-order valence-electron chi connectivity index (χ3n) is 3.18. The number of nitrogens with zero attached hydrogens (tertiary/aromatic N) is 2. The molecule has 1 aliphatic heterocycles. The predicted molar refractivity (Wildman–Crippen MR) is 64.3 cm³/mol. The Bertz CT molecular complexity index is 559. The lowest BCUT2D eigenvalue weighted by Gasteiger charge is -2.00. The van der Waals surface area contributed by atoms with Crippen molar-refractivity contribution in [3.05, 3.63) is 29.6 Å². The number of aromatic nitrogens is 2. The zero-order chi connectivity index (χ0) is 12.5. The molecule has 2 aromatic rings. The maximum atomic E-state index is 9.49. The van der Waals surface area contributed by atoms with Crippen LogP contribution >= 0.6 is 0 Å². The maximum absolute atomic E-state index is 9.49. The molecule has 0 unspecified atom stereocenters. The predicted octanol–water partition coefficient (Wildman–Crippen LogP) is 2.25. The molecule has 0 spiro atoms. The van der Waals surface area contributed by atoms with Gasteiger partial charge in [-0.05, 0) is 37.1 Å². The summed E-state index contributed by atoms with van der Waals surface area (Å²) < 4.78 is 10.6. The lowest BCUT2D eigenvalue weighted by molar-refractivity contribution is 0.192. The Morgan fingerprint density at radius 3 is 3.00 bits per heavy atom. The average molecular weight is 246 g/mol. The molecular weight excluding hydrogens is 232 g/mol. The van der Waals surface area contributed by atoms with Crippen LogP contribution in [0.1, 0.15) is 23.7 Å². The first kappa shape index (κ1) is 11.2. The maximum Gasteiger partial charge on any atom is 0.257 e. The largest absolute Gasteiger partial charge is 0.508 e. The topological polar surface area (TPSA) is 68.4 Å². The molecule has 1 aromatic carbocycles. The molecule has 1 saturated heterocycles. The molecule has 3 rings (SSSR count). The summed E-state index contributed by atoms with van der Waals surface area (Å²) in [6, 6.07) is 5.23. The summed E-state index contributed by atoms with van der Waals surface area (Å²) in [5.74, 6) is 1.69. The van der Waals surface area contributed by atoms with E-state index >= 15 is 0 Å². The van der Waals surface area contributed by atoms with Crippen molar-refractivity contribution < 1.29 is 14.4 Å². The summed E-state index contributed by atoms with van der Waals surface area (Å²) in [5.41, 5.74) is 1.61. The van der Waals surface area contributed by atoms with Crippen LogP contribution in [0.15, 0.2) is 22.7 Å². The van der Waals surface area contributed by atoms with Crippen LogP contribution in [-0.4, -0.2) is 28.5 Å². The van der Waals surface area contributed by atoms with E-state index in [4.69, 9.17) is 9.26 Å². The van der Waals surface area contributed by atoms with Gasteiger partial charge in [-0.15, -0.1) is 0 Å². The molecule has 1 N–H and O–H groups in total. The Hall–Kier alpha value is -1.88. The van der Waals surface area contributed by atoms with Gasteiger partial charge in [-0.25, -0.2) is 0 Å². The fraction of sp³-hybridized carbons (Fsp3) is 0.385. The third kappa shape index (κ3) is 1.97. The molecule has 0 aliphatic carbocycles. The summed E-state index contributed by atoms with van der Waals surface area (Å²) in [6.45, 7) is 3.25. The SMILES string of the molecule is Cc1cc(-c2nc([C@H]3CCOC3)no2)ccc1O. The Balaban J connectivity index is 1.89. The minimum absolute atomic E-state index is 0.237. The van der Waals surface area contributed by atoms with Crippen molar-refractivity contribution in [3.8, 4) is 17.2 Å². The van der Waals surface area contributed by atoms with Gasteiger partial charge in [-0.3, -0.25) is 0 Å². The van der Waals surface area contributed by atoms with Gasteiger partial charge in [0.2, 0.25) is 0 Å². The number of aryl methyl sites for hydroxylation is 1. The molecule has 5 heteroatoms. The Labute approximate surface area is 104 Å². The number of aromatic hydroxyl groups is 1. The number of hydrogen-bond acceptors (Lipinski definition) is 5. The van der Waals surface area contributed by atoms with Crippen LogP contribution in [0.25, 0.3) is 11.5 Å². The molecule has 18 heavy (non-hydrogen) atoms. The second-order valence-electron chi connectivity index (χ2n) is 4.52. The standard InChI is InChI=1S/C13H14N2O3/c1-8-6-9(2-3-11(8)16)13-14-12(15-18-13)10-4-5-17-7-10/h2-3,6,10,16H,4-5,7H2,1H3/t10-/m0/s1. The monoisotopic (exact) mass is 246 g/mol.